The molecule has 2 atom stereocenters. The zero-order valence-corrected chi connectivity index (χ0v) is 13.8. The minimum Gasteiger partial charge on any atom is -0.373 e. The highest BCUT2D eigenvalue weighted by Crippen LogP contribution is 2.44. The number of benzene rings is 1. The second kappa shape index (κ2) is 5.83. The third-order valence-corrected chi connectivity index (χ3v) is 4.86. The lowest BCUT2D eigenvalue weighted by Crippen LogP contribution is -2.58. The molecule has 7 heteroatoms. The monoisotopic (exact) mass is 324 g/mol. The van der Waals surface area contributed by atoms with E-state index >= 15 is 0 Å². The lowest BCUT2D eigenvalue weighted by molar-refractivity contribution is -0.109. The van der Waals surface area contributed by atoms with E-state index in [1.807, 2.05) is 30.3 Å². The lowest BCUT2D eigenvalue weighted by atomic mass is 9.64. The summed E-state index contributed by atoms with van der Waals surface area (Å²) in [7, 11) is 0. The van der Waals surface area contributed by atoms with Gasteiger partial charge in [-0.1, -0.05) is 44.2 Å². The van der Waals surface area contributed by atoms with Crippen molar-refractivity contribution in [2.24, 2.45) is 5.41 Å². The molecule has 1 aromatic carbocycles. The standard InChI is InChI=1S/C17H20N6O/c1-17(2)13(10-14(17)24-11-12-6-4-3-5-7-12)18-15-8-9-16-19-21-22-23(16)20-15/h3-9,13-14H,10-11H2,1-2H3,(H,18,20)/t13-,14+/m0/s1. The molecule has 124 valence electrons. The Morgan fingerprint density at radius 3 is 2.83 bits per heavy atom. The summed E-state index contributed by atoms with van der Waals surface area (Å²) in [6, 6.07) is 14.3. The smallest absolute Gasteiger partial charge is 0.200 e. The van der Waals surface area contributed by atoms with E-state index in [1.165, 1.54) is 10.2 Å². The maximum absolute atomic E-state index is 6.11. The highest BCUT2D eigenvalue weighted by molar-refractivity contribution is 5.43. The SMILES string of the molecule is CC1(C)[C@@H](Nc2ccc3nnnn3n2)C[C@H]1OCc1ccccc1. The Labute approximate surface area is 140 Å². The first-order valence-electron chi connectivity index (χ1n) is 8.10. The van der Waals surface area contributed by atoms with E-state index < -0.39 is 0 Å². The van der Waals surface area contributed by atoms with Gasteiger partial charge in [-0.15, -0.1) is 14.8 Å². The summed E-state index contributed by atoms with van der Waals surface area (Å²) >= 11 is 0. The molecule has 0 bridgehead atoms. The largest absolute Gasteiger partial charge is 0.373 e. The molecule has 2 heterocycles. The molecule has 24 heavy (non-hydrogen) atoms. The van der Waals surface area contributed by atoms with Gasteiger partial charge in [0.1, 0.15) is 5.82 Å². The molecule has 0 aliphatic heterocycles. The summed E-state index contributed by atoms with van der Waals surface area (Å²) in [6.45, 7) is 5.09. The molecule has 0 amide bonds. The van der Waals surface area contributed by atoms with E-state index in [-0.39, 0.29) is 11.5 Å². The fourth-order valence-electron chi connectivity index (χ4n) is 3.09. The predicted molar refractivity (Wildman–Crippen MR) is 89.4 cm³/mol. The molecule has 0 radical (unpaired) electrons. The molecule has 7 nitrogen and oxygen atoms in total. The molecule has 0 saturated heterocycles. The zero-order valence-electron chi connectivity index (χ0n) is 13.8. The molecule has 1 saturated carbocycles. The van der Waals surface area contributed by atoms with Gasteiger partial charge in [0.15, 0.2) is 5.65 Å². The number of tetrazole rings is 1. The van der Waals surface area contributed by atoms with Gasteiger partial charge in [-0.05, 0) is 34.5 Å². The van der Waals surface area contributed by atoms with Crippen molar-refractivity contribution in [3.8, 4) is 0 Å². The Hall–Kier alpha value is -2.54. The second-order valence-electron chi connectivity index (χ2n) is 6.78. The van der Waals surface area contributed by atoms with E-state index in [0.29, 0.717) is 18.3 Å². The van der Waals surface area contributed by atoms with Crippen molar-refractivity contribution >= 4 is 11.5 Å². The molecule has 3 aromatic rings. The van der Waals surface area contributed by atoms with E-state index in [0.717, 1.165) is 12.2 Å². The van der Waals surface area contributed by atoms with Crippen LogP contribution in [0.25, 0.3) is 5.65 Å². The summed E-state index contributed by atoms with van der Waals surface area (Å²) < 4.78 is 7.54. The Balaban J connectivity index is 1.37. The quantitative estimate of drug-likeness (QED) is 0.776. The van der Waals surface area contributed by atoms with Crippen LogP contribution in [-0.2, 0) is 11.3 Å². The van der Waals surface area contributed by atoms with Crippen LogP contribution < -0.4 is 5.32 Å². The number of ether oxygens (including phenoxy) is 1. The molecule has 4 rings (SSSR count). The average Bonchev–Trinajstić information content (AvgIpc) is 3.06. The highest BCUT2D eigenvalue weighted by Gasteiger charge is 2.49. The van der Waals surface area contributed by atoms with Gasteiger partial charge in [-0.25, -0.2) is 0 Å². The fourth-order valence-corrected chi connectivity index (χ4v) is 3.09. The molecule has 2 aromatic heterocycles. The third-order valence-electron chi connectivity index (χ3n) is 4.86. The Bertz CT molecular complexity index is 831. The van der Waals surface area contributed by atoms with Gasteiger partial charge in [0, 0.05) is 11.5 Å². The van der Waals surface area contributed by atoms with E-state index in [2.05, 4.69) is 51.9 Å². The average molecular weight is 324 g/mol. The number of aromatic nitrogens is 5. The summed E-state index contributed by atoms with van der Waals surface area (Å²) in [4.78, 5) is 0. The fraction of sp³-hybridized carbons (Fsp3) is 0.412. The summed E-state index contributed by atoms with van der Waals surface area (Å²) in [5, 5.41) is 19.1. The van der Waals surface area contributed by atoms with Crippen LogP contribution in [0, 0.1) is 5.41 Å². The Morgan fingerprint density at radius 1 is 1.21 bits per heavy atom. The van der Waals surface area contributed by atoms with Gasteiger partial charge < -0.3 is 10.1 Å². The molecule has 0 spiro atoms. The molecule has 1 aliphatic carbocycles. The number of fused-ring (bicyclic) bond motifs is 1. The maximum Gasteiger partial charge on any atom is 0.200 e. The number of anilines is 1. The summed E-state index contributed by atoms with van der Waals surface area (Å²) in [6.07, 6.45) is 1.18. The number of hydrogen-bond donors (Lipinski definition) is 1. The van der Waals surface area contributed by atoms with Crippen LogP contribution >= 0.6 is 0 Å². The minimum absolute atomic E-state index is 0.0338. The summed E-state index contributed by atoms with van der Waals surface area (Å²) in [5.41, 5.74) is 1.87. The number of nitrogens with zero attached hydrogens (tertiary/aromatic N) is 5. The molecular weight excluding hydrogens is 304 g/mol. The van der Waals surface area contributed by atoms with E-state index in [9.17, 15) is 0 Å². The van der Waals surface area contributed by atoms with Crippen LogP contribution in [0.2, 0.25) is 0 Å². The van der Waals surface area contributed by atoms with Crippen molar-refractivity contribution in [1.29, 1.82) is 0 Å². The van der Waals surface area contributed by atoms with Crippen molar-refractivity contribution in [3.63, 3.8) is 0 Å². The third kappa shape index (κ3) is 2.71. The van der Waals surface area contributed by atoms with Crippen molar-refractivity contribution in [2.75, 3.05) is 5.32 Å². The number of hydrogen-bond acceptors (Lipinski definition) is 6. The van der Waals surface area contributed by atoms with Crippen molar-refractivity contribution in [2.45, 2.75) is 39.0 Å². The Kier molecular flexibility index (Phi) is 3.65. The first kappa shape index (κ1) is 15.0. The Morgan fingerprint density at radius 2 is 2.04 bits per heavy atom. The van der Waals surface area contributed by atoms with Crippen molar-refractivity contribution in [3.05, 3.63) is 48.0 Å². The number of nitrogens with one attached hydrogen (secondary N) is 1. The molecule has 1 aliphatic rings. The van der Waals surface area contributed by atoms with Crippen LogP contribution in [0.1, 0.15) is 25.8 Å². The first-order valence-corrected chi connectivity index (χ1v) is 8.10. The van der Waals surface area contributed by atoms with Crippen LogP contribution in [0.5, 0.6) is 0 Å². The molecular formula is C17H20N6O. The topological polar surface area (TPSA) is 77.2 Å². The predicted octanol–water partition coefficient (Wildman–Crippen LogP) is 2.32. The van der Waals surface area contributed by atoms with E-state index in [1.54, 1.807) is 0 Å². The molecule has 1 fully saturated rings. The van der Waals surface area contributed by atoms with Gasteiger partial charge in [0.2, 0.25) is 0 Å². The van der Waals surface area contributed by atoms with Crippen molar-refractivity contribution in [1.82, 2.24) is 25.3 Å². The number of rotatable bonds is 5. The van der Waals surface area contributed by atoms with Gasteiger partial charge in [-0.2, -0.15) is 0 Å². The van der Waals surface area contributed by atoms with Gasteiger partial charge in [0.05, 0.1) is 12.7 Å². The van der Waals surface area contributed by atoms with Gasteiger partial charge in [-0.3, -0.25) is 0 Å². The highest BCUT2D eigenvalue weighted by atomic mass is 16.5. The zero-order chi connectivity index (χ0) is 16.6. The normalized spacial score (nSPS) is 22.2. The maximum atomic E-state index is 6.11. The first-order chi connectivity index (χ1) is 11.6. The summed E-state index contributed by atoms with van der Waals surface area (Å²) in [5.74, 6) is 0.773. The van der Waals surface area contributed by atoms with Crippen molar-refractivity contribution < 1.29 is 4.74 Å². The van der Waals surface area contributed by atoms with Gasteiger partial charge in [0.25, 0.3) is 0 Å². The second-order valence-corrected chi connectivity index (χ2v) is 6.78. The van der Waals surface area contributed by atoms with Crippen LogP contribution in [0.15, 0.2) is 42.5 Å². The van der Waals surface area contributed by atoms with Crippen LogP contribution in [-0.4, -0.2) is 37.4 Å². The van der Waals surface area contributed by atoms with Crippen LogP contribution in [0.3, 0.4) is 0 Å². The molecule has 0 unspecified atom stereocenters. The minimum atomic E-state index is 0.0338. The van der Waals surface area contributed by atoms with Crippen LogP contribution in [0.4, 0.5) is 5.82 Å². The van der Waals surface area contributed by atoms with Gasteiger partial charge >= 0.3 is 0 Å². The molecule has 1 N–H and O–H groups in total. The van der Waals surface area contributed by atoms with E-state index in [4.69, 9.17) is 4.74 Å². The lowest BCUT2D eigenvalue weighted by Gasteiger charge is -2.51.